The standard InChI is InChI=1S/C12H13N3O4S/c1-8-6-14-19-11(8)12(16)15-10-4-2-9(3-5-10)7-20(13,17)18/h2-6H,7H2,1H3,(H,15,16)(H2,13,17,18). The van der Waals surface area contributed by atoms with Gasteiger partial charge < -0.3 is 9.84 Å². The van der Waals surface area contributed by atoms with E-state index in [9.17, 15) is 13.2 Å². The first-order valence-electron chi connectivity index (χ1n) is 5.67. The van der Waals surface area contributed by atoms with Gasteiger partial charge in [0.1, 0.15) is 0 Å². The van der Waals surface area contributed by atoms with Gasteiger partial charge in [0.15, 0.2) is 0 Å². The number of nitrogens with zero attached hydrogens (tertiary/aromatic N) is 1. The molecule has 1 heterocycles. The molecule has 0 fully saturated rings. The van der Waals surface area contributed by atoms with Crippen LogP contribution in [0.4, 0.5) is 5.69 Å². The summed E-state index contributed by atoms with van der Waals surface area (Å²) in [7, 11) is -3.56. The number of carbonyl (C=O) groups is 1. The molecule has 8 heteroatoms. The van der Waals surface area contributed by atoms with E-state index >= 15 is 0 Å². The van der Waals surface area contributed by atoms with Crippen LogP contribution in [0.5, 0.6) is 0 Å². The molecule has 3 N–H and O–H groups in total. The fourth-order valence-electron chi connectivity index (χ4n) is 1.61. The van der Waals surface area contributed by atoms with Gasteiger partial charge in [0.2, 0.25) is 15.8 Å². The third-order valence-corrected chi connectivity index (χ3v) is 3.27. The van der Waals surface area contributed by atoms with Gasteiger partial charge in [0.05, 0.1) is 11.9 Å². The average Bonchev–Trinajstić information content (AvgIpc) is 2.76. The summed E-state index contributed by atoms with van der Waals surface area (Å²) >= 11 is 0. The van der Waals surface area contributed by atoms with Crippen LogP contribution in [0, 0.1) is 6.92 Å². The molecule has 2 rings (SSSR count). The zero-order valence-electron chi connectivity index (χ0n) is 10.7. The van der Waals surface area contributed by atoms with Crippen molar-refractivity contribution in [2.24, 2.45) is 5.14 Å². The highest BCUT2D eigenvalue weighted by Gasteiger charge is 2.14. The zero-order valence-corrected chi connectivity index (χ0v) is 11.5. The van der Waals surface area contributed by atoms with E-state index in [1.807, 2.05) is 0 Å². The van der Waals surface area contributed by atoms with Crippen LogP contribution in [0.25, 0.3) is 0 Å². The minimum Gasteiger partial charge on any atom is -0.351 e. The first-order valence-corrected chi connectivity index (χ1v) is 7.39. The van der Waals surface area contributed by atoms with Gasteiger partial charge in [0.25, 0.3) is 5.91 Å². The lowest BCUT2D eigenvalue weighted by molar-refractivity contribution is 0.0987. The van der Waals surface area contributed by atoms with Crippen LogP contribution in [-0.2, 0) is 15.8 Å². The smallest absolute Gasteiger partial charge is 0.294 e. The fourth-order valence-corrected chi connectivity index (χ4v) is 2.27. The van der Waals surface area contributed by atoms with Crippen molar-refractivity contribution < 1.29 is 17.7 Å². The largest absolute Gasteiger partial charge is 0.351 e. The molecule has 2 aromatic rings. The molecule has 0 aliphatic rings. The number of amides is 1. The lowest BCUT2D eigenvalue weighted by atomic mass is 10.2. The van der Waals surface area contributed by atoms with E-state index in [0.717, 1.165) is 0 Å². The van der Waals surface area contributed by atoms with E-state index in [1.165, 1.54) is 6.20 Å². The number of aromatic nitrogens is 1. The molecule has 0 radical (unpaired) electrons. The normalized spacial score (nSPS) is 11.3. The molecule has 1 aromatic carbocycles. The van der Waals surface area contributed by atoms with Crippen molar-refractivity contribution in [2.45, 2.75) is 12.7 Å². The average molecular weight is 295 g/mol. The van der Waals surface area contributed by atoms with Crippen LogP contribution in [0.15, 0.2) is 35.0 Å². The number of hydrogen-bond acceptors (Lipinski definition) is 5. The van der Waals surface area contributed by atoms with Crippen molar-refractivity contribution in [3.63, 3.8) is 0 Å². The highest BCUT2D eigenvalue weighted by Crippen LogP contribution is 2.14. The number of carbonyl (C=O) groups excluding carboxylic acids is 1. The number of primary sulfonamides is 1. The van der Waals surface area contributed by atoms with Crippen molar-refractivity contribution >= 4 is 21.6 Å². The SMILES string of the molecule is Cc1cnoc1C(=O)Nc1ccc(CS(N)(=O)=O)cc1. The Morgan fingerprint density at radius 2 is 2.00 bits per heavy atom. The summed E-state index contributed by atoms with van der Waals surface area (Å²) in [5, 5.41) is 11.1. The van der Waals surface area contributed by atoms with Gasteiger partial charge in [-0.15, -0.1) is 0 Å². The summed E-state index contributed by atoms with van der Waals surface area (Å²) in [5.41, 5.74) is 1.69. The molecule has 7 nitrogen and oxygen atoms in total. The number of sulfonamides is 1. The van der Waals surface area contributed by atoms with Crippen LogP contribution in [0.1, 0.15) is 21.7 Å². The maximum absolute atomic E-state index is 11.8. The number of benzene rings is 1. The summed E-state index contributed by atoms with van der Waals surface area (Å²) in [5.74, 6) is -0.527. The number of nitrogens with one attached hydrogen (secondary N) is 1. The first kappa shape index (κ1) is 14.2. The zero-order chi connectivity index (χ0) is 14.8. The maximum atomic E-state index is 11.8. The molecule has 0 saturated heterocycles. The lowest BCUT2D eigenvalue weighted by Crippen LogP contribution is -2.15. The van der Waals surface area contributed by atoms with Gasteiger partial charge >= 0.3 is 0 Å². The Morgan fingerprint density at radius 1 is 1.35 bits per heavy atom. The van der Waals surface area contributed by atoms with E-state index in [0.29, 0.717) is 16.8 Å². The molecule has 1 aromatic heterocycles. The Balaban J connectivity index is 2.08. The Kier molecular flexibility index (Phi) is 3.86. The van der Waals surface area contributed by atoms with Crippen LogP contribution < -0.4 is 10.5 Å². The number of anilines is 1. The van der Waals surface area contributed by atoms with E-state index in [2.05, 4.69) is 10.5 Å². The Labute approximate surface area is 115 Å². The maximum Gasteiger partial charge on any atom is 0.294 e. The molecule has 0 atom stereocenters. The predicted molar refractivity (Wildman–Crippen MR) is 72.4 cm³/mol. The van der Waals surface area contributed by atoms with Gasteiger partial charge in [-0.05, 0) is 24.6 Å². The minimum atomic E-state index is -3.56. The van der Waals surface area contributed by atoms with Crippen LogP contribution in [0.3, 0.4) is 0 Å². The summed E-state index contributed by atoms with van der Waals surface area (Å²) in [6, 6.07) is 6.33. The minimum absolute atomic E-state index is 0.138. The summed E-state index contributed by atoms with van der Waals surface area (Å²) in [4.78, 5) is 11.8. The second kappa shape index (κ2) is 5.43. The van der Waals surface area contributed by atoms with E-state index in [-0.39, 0.29) is 11.5 Å². The third kappa shape index (κ3) is 3.65. The fraction of sp³-hybridized carbons (Fsp3) is 0.167. The predicted octanol–water partition coefficient (Wildman–Crippen LogP) is 1.02. The van der Waals surface area contributed by atoms with Crippen LogP contribution >= 0.6 is 0 Å². The summed E-state index contributed by atoms with van der Waals surface area (Å²) in [6.07, 6.45) is 1.45. The van der Waals surface area contributed by atoms with Crippen molar-refractivity contribution in [3.8, 4) is 0 Å². The highest BCUT2D eigenvalue weighted by molar-refractivity contribution is 7.88. The molecule has 1 amide bonds. The molecule has 0 aliphatic carbocycles. The number of nitrogens with two attached hydrogens (primary N) is 1. The van der Waals surface area contributed by atoms with E-state index in [1.54, 1.807) is 31.2 Å². The second-order valence-electron chi connectivity index (χ2n) is 4.30. The Bertz CT molecular complexity index is 719. The first-order chi connectivity index (χ1) is 9.35. The molecule has 0 aliphatic heterocycles. The number of rotatable bonds is 4. The van der Waals surface area contributed by atoms with Crippen molar-refractivity contribution in [1.82, 2.24) is 5.16 Å². The number of hydrogen-bond donors (Lipinski definition) is 2. The highest BCUT2D eigenvalue weighted by atomic mass is 32.2. The van der Waals surface area contributed by atoms with Crippen LogP contribution in [0.2, 0.25) is 0 Å². The molecular weight excluding hydrogens is 282 g/mol. The van der Waals surface area contributed by atoms with E-state index in [4.69, 9.17) is 9.66 Å². The lowest BCUT2D eigenvalue weighted by Gasteiger charge is -2.05. The Hall–Kier alpha value is -2.19. The topological polar surface area (TPSA) is 115 Å². The molecule has 106 valence electrons. The van der Waals surface area contributed by atoms with Gasteiger partial charge in [-0.3, -0.25) is 4.79 Å². The molecule has 0 unspecified atom stereocenters. The molecule has 0 spiro atoms. The van der Waals surface area contributed by atoms with Gasteiger partial charge in [-0.25, -0.2) is 13.6 Å². The second-order valence-corrected chi connectivity index (χ2v) is 5.91. The van der Waals surface area contributed by atoms with Crippen molar-refractivity contribution in [3.05, 3.63) is 47.3 Å². The van der Waals surface area contributed by atoms with Gasteiger partial charge in [-0.1, -0.05) is 17.3 Å². The molecule has 0 saturated carbocycles. The van der Waals surface area contributed by atoms with Crippen LogP contribution in [-0.4, -0.2) is 19.5 Å². The van der Waals surface area contributed by atoms with E-state index < -0.39 is 15.9 Å². The molecule has 0 bridgehead atoms. The Morgan fingerprint density at radius 3 is 2.50 bits per heavy atom. The third-order valence-electron chi connectivity index (χ3n) is 2.53. The molecular formula is C12H13N3O4S. The quantitative estimate of drug-likeness (QED) is 0.873. The number of aryl methyl sites for hydroxylation is 1. The van der Waals surface area contributed by atoms with Crippen molar-refractivity contribution in [1.29, 1.82) is 0 Å². The van der Waals surface area contributed by atoms with Crippen molar-refractivity contribution in [2.75, 3.05) is 5.32 Å². The summed E-state index contributed by atoms with van der Waals surface area (Å²) in [6.45, 7) is 1.71. The molecule has 20 heavy (non-hydrogen) atoms. The summed E-state index contributed by atoms with van der Waals surface area (Å²) < 4.78 is 26.7. The van der Waals surface area contributed by atoms with Gasteiger partial charge in [0, 0.05) is 11.3 Å². The van der Waals surface area contributed by atoms with Gasteiger partial charge in [-0.2, -0.15) is 0 Å². The monoisotopic (exact) mass is 295 g/mol.